The van der Waals surface area contributed by atoms with E-state index in [4.69, 9.17) is 16.3 Å². The van der Waals surface area contributed by atoms with Crippen LogP contribution in [0.5, 0.6) is 5.75 Å². The van der Waals surface area contributed by atoms with Gasteiger partial charge >= 0.3 is 5.97 Å². The van der Waals surface area contributed by atoms with Crippen molar-refractivity contribution in [2.45, 2.75) is 19.8 Å². The monoisotopic (exact) mass is 311 g/mol. The van der Waals surface area contributed by atoms with Crippen LogP contribution in [0.15, 0.2) is 18.2 Å². The number of thiazole rings is 1. The third-order valence-corrected chi connectivity index (χ3v) is 4.21. The van der Waals surface area contributed by atoms with Gasteiger partial charge in [-0.05, 0) is 25.0 Å². The number of ether oxygens (including phenoxy) is 1. The molecule has 1 aromatic carbocycles. The molecule has 1 aromatic heterocycles. The highest BCUT2D eigenvalue weighted by atomic mass is 35.5. The number of rotatable bonds is 5. The van der Waals surface area contributed by atoms with Gasteiger partial charge < -0.3 is 9.84 Å². The highest BCUT2D eigenvalue weighted by molar-refractivity contribution is 7.15. The van der Waals surface area contributed by atoms with E-state index in [0.717, 1.165) is 17.8 Å². The van der Waals surface area contributed by atoms with Crippen LogP contribution in [0.2, 0.25) is 5.02 Å². The fraction of sp³-hybridized carbons (Fsp3) is 0.286. The van der Waals surface area contributed by atoms with E-state index in [1.807, 2.05) is 6.92 Å². The van der Waals surface area contributed by atoms with Gasteiger partial charge in [0.2, 0.25) is 0 Å². The van der Waals surface area contributed by atoms with E-state index < -0.39 is 5.97 Å². The van der Waals surface area contributed by atoms with Crippen molar-refractivity contribution in [2.24, 2.45) is 0 Å². The standard InChI is InChI=1S/C14H14ClNO3S/c1-3-5-10-16-12(14(17)18)13(20-10)11-8(15)6-4-7-9(11)19-2/h4,6-7H,3,5H2,1-2H3,(H,17,18). The molecule has 0 unspecified atom stereocenters. The summed E-state index contributed by atoms with van der Waals surface area (Å²) in [5, 5.41) is 10.6. The van der Waals surface area contributed by atoms with Crippen molar-refractivity contribution >= 4 is 28.9 Å². The Labute approximate surface area is 126 Å². The van der Waals surface area contributed by atoms with Crippen molar-refractivity contribution in [1.29, 1.82) is 0 Å². The number of benzene rings is 1. The third-order valence-electron chi connectivity index (χ3n) is 2.76. The van der Waals surface area contributed by atoms with Crippen LogP contribution in [0.3, 0.4) is 0 Å². The molecule has 1 heterocycles. The van der Waals surface area contributed by atoms with Crippen molar-refractivity contribution in [2.75, 3.05) is 7.11 Å². The van der Waals surface area contributed by atoms with E-state index in [-0.39, 0.29) is 5.69 Å². The molecule has 0 fully saturated rings. The number of halogens is 1. The van der Waals surface area contributed by atoms with Crippen LogP contribution in [0.25, 0.3) is 10.4 Å². The lowest BCUT2D eigenvalue weighted by atomic mass is 10.1. The molecule has 0 aliphatic rings. The second-order valence-electron chi connectivity index (χ2n) is 4.16. The highest BCUT2D eigenvalue weighted by Crippen LogP contribution is 2.41. The lowest BCUT2D eigenvalue weighted by molar-refractivity contribution is 0.0692. The molecule has 0 aliphatic heterocycles. The Hall–Kier alpha value is -1.59. The number of aryl methyl sites for hydroxylation is 1. The van der Waals surface area contributed by atoms with E-state index in [1.54, 1.807) is 18.2 Å². The molecule has 2 rings (SSSR count). The largest absolute Gasteiger partial charge is 0.496 e. The molecule has 106 valence electrons. The molecule has 0 amide bonds. The minimum Gasteiger partial charge on any atom is -0.496 e. The summed E-state index contributed by atoms with van der Waals surface area (Å²) in [6.07, 6.45) is 1.66. The topological polar surface area (TPSA) is 59.4 Å². The minimum atomic E-state index is -1.06. The summed E-state index contributed by atoms with van der Waals surface area (Å²) in [5.74, 6) is -0.507. The lowest BCUT2D eigenvalue weighted by Crippen LogP contribution is -2.00. The molecule has 6 heteroatoms. The SMILES string of the molecule is CCCc1nc(C(=O)O)c(-c2c(Cl)cccc2OC)s1. The van der Waals surface area contributed by atoms with Crippen LogP contribution in [-0.2, 0) is 6.42 Å². The molecule has 2 aromatic rings. The van der Waals surface area contributed by atoms with Crippen molar-refractivity contribution < 1.29 is 14.6 Å². The molecule has 0 aliphatic carbocycles. The lowest BCUT2D eigenvalue weighted by Gasteiger charge is -2.08. The maximum atomic E-state index is 11.4. The first-order valence-electron chi connectivity index (χ1n) is 6.14. The molecular weight excluding hydrogens is 298 g/mol. The Kier molecular flexibility index (Phi) is 4.62. The van der Waals surface area contributed by atoms with Gasteiger partial charge in [-0.25, -0.2) is 9.78 Å². The zero-order valence-corrected chi connectivity index (χ0v) is 12.7. The van der Waals surface area contributed by atoms with Gasteiger partial charge in [0.1, 0.15) is 5.75 Å². The Morgan fingerprint density at radius 1 is 1.50 bits per heavy atom. The Bertz CT molecular complexity index is 639. The predicted molar refractivity (Wildman–Crippen MR) is 80.1 cm³/mol. The summed E-state index contributed by atoms with van der Waals surface area (Å²) < 4.78 is 5.29. The predicted octanol–water partition coefficient (Wildman–Crippen LogP) is 4.12. The van der Waals surface area contributed by atoms with Crippen LogP contribution >= 0.6 is 22.9 Å². The molecule has 1 N–H and O–H groups in total. The molecule has 0 spiro atoms. The first-order valence-corrected chi connectivity index (χ1v) is 7.33. The molecule has 4 nitrogen and oxygen atoms in total. The number of aromatic nitrogens is 1. The van der Waals surface area contributed by atoms with Gasteiger partial charge in [0.25, 0.3) is 0 Å². The number of carboxylic acids is 1. The first kappa shape index (κ1) is 14.8. The van der Waals surface area contributed by atoms with Crippen molar-refractivity contribution in [3.8, 4) is 16.2 Å². The van der Waals surface area contributed by atoms with Gasteiger partial charge in [-0.1, -0.05) is 24.6 Å². The number of hydrogen-bond donors (Lipinski definition) is 1. The zero-order valence-electron chi connectivity index (χ0n) is 11.1. The summed E-state index contributed by atoms with van der Waals surface area (Å²) in [6, 6.07) is 5.23. The maximum Gasteiger partial charge on any atom is 0.356 e. The first-order chi connectivity index (χ1) is 9.58. The molecule has 20 heavy (non-hydrogen) atoms. The van der Waals surface area contributed by atoms with Crippen LogP contribution in [0, 0.1) is 0 Å². The number of aromatic carboxylic acids is 1. The molecule has 0 atom stereocenters. The van der Waals surface area contributed by atoms with Gasteiger partial charge in [0.05, 0.1) is 27.6 Å². The zero-order chi connectivity index (χ0) is 14.7. The van der Waals surface area contributed by atoms with Gasteiger partial charge in [0.15, 0.2) is 5.69 Å². The number of methoxy groups -OCH3 is 1. The number of carboxylic acid groups (broad SMARTS) is 1. The van der Waals surface area contributed by atoms with Gasteiger partial charge in [0, 0.05) is 0 Å². The van der Waals surface area contributed by atoms with Gasteiger partial charge in [-0.15, -0.1) is 11.3 Å². The Balaban J connectivity index is 2.65. The van der Waals surface area contributed by atoms with E-state index in [1.165, 1.54) is 18.4 Å². The smallest absolute Gasteiger partial charge is 0.356 e. The van der Waals surface area contributed by atoms with Gasteiger partial charge in [-0.2, -0.15) is 0 Å². The van der Waals surface area contributed by atoms with Crippen LogP contribution in [-0.4, -0.2) is 23.2 Å². The second-order valence-corrected chi connectivity index (χ2v) is 5.65. The minimum absolute atomic E-state index is 0.0323. The van der Waals surface area contributed by atoms with E-state index in [0.29, 0.717) is 21.2 Å². The summed E-state index contributed by atoms with van der Waals surface area (Å²) in [4.78, 5) is 16.1. The van der Waals surface area contributed by atoms with E-state index in [2.05, 4.69) is 4.98 Å². The fourth-order valence-corrected chi connectivity index (χ4v) is 3.43. The third kappa shape index (κ3) is 2.78. The number of carbonyl (C=O) groups is 1. The quantitative estimate of drug-likeness (QED) is 0.902. The Morgan fingerprint density at radius 2 is 2.25 bits per heavy atom. The summed E-state index contributed by atoms with van der Waals surface area (Å²) >= 11 is 7.56. The molecular formula is C14H14ClNO3S. The van der Waals surface area contributed by atoms with Crippen molar-refractivity contribution in [3.05, 3.63) is 33.9 Å². The van der Waals surface area contributed by atoms with E-state index >= 15 is 0 Å². The highest BCUT2D eigenvalue weighted by Gasteiger charge is 2.23. The number of nitrogens with zero attached hydrogens (tertiary/aromatic N) is 1. The molecule has 0 bridgehead atoms. The van der Waals surface area contributed by atoms with Crippen molar-refractivity contribution in [1.82, 2.24) is 4.98 Å². The average molecular weight is 312 g/mol. The van der Waals surface area contributed by atoms with Crippen molar-refractivity contribution in [3.63, 3.8) is 0 Å². The molecule has 0 saturated heterocycles. The average Bonchev–Trinajstić information content (AvgIpc) is 2.82. The van der Waals surface area contributed by atoms with Gasteiger partial charge in [-0.3, -0.25) is 0 Å². The molecule has 0 radical (unpaired) electrons. The normalized spacial score (nSPS) is 10.6. The number of hydrogen-bond acceptors (Lipinski definition) is 4. The fourth-order valence-electron chi connectivity index (χ4n) is 1.89. The van der Waals surface area contributed by atoms with Crippen LogP contribution < -0.4 is 4.74 Å². The maximum absolute atomic E-state index is 11.4. The van der Waals surface area contributed by atoms with Crippen LogP contribution in [0.4, 0.5) is 0 Å². The second kappa shape index (κ2) is 6.24. The summed E-state index contributed by atoms with van der Waals surface area (Å²) in [6.45, 7) is 2.03. The summed E-state index contributed by atoms with van der Waals surface area (Å²) in [7, 11) is 1.53. The van der Waals surface area contributed by atoms with Crippen LogP contribution in [0.1, 0.15) is 28.8 Å². The van der Waals surface area contributed by atoms with E-state index in [9.17, 15) is 9.90 Å². The molecule has 0 saturated carbocycles. The summed E-state index contributed by atoms with van der Waals surface area (Å²) in [5.41, 5.74) is 0.624. The Morgan fingerprint density at radius 3 is 2.85 bits per heavy atom.